The molecule has 0 bridgehead atoms. The zero-order valence-electron chi connectivity index (χ0n) is 10.9. The minimum absolute atomic E-state index is 0.0302. The fourth-order valence-electron chi connectivity index (χ4n) is 1.22. The van der Waals surface area contributed by atoms with E-state index in [2.05, 4.69) is 26.5 Å². The van der Waals surface area contributed by atoms with Gasteiger partial charge in [-0.2, -0.15) is 0 Å². The number of rotatable bonds is 5. The number of hydrogen-bond donors (Lipinski definition) is 2. The first-order valence-corrected chi connectivity index (χ1v) is 6.44. The van der Waals surface area contributed by atoms with E-state index in [0.717, 1.165) is 10.7 Å². The third kappa shape index (κ3) is 4.35. The summed E-state index contributed by atoms with van der Waals surface area (Å²) < 4.78 is 5.22. The van der Waals surface area contributed by atoms with Crippen LogP contribution in [0.1, 0.15) is 23.7 Å². The van der Waals surface area contributed by atoms with Crippen molar-refractivity contribution in [3.8, 4) is 12.3 Å². The van der Waals surface area contributed by atoms with Crippen LogP contribution in [0, 0.1) is 12.3 Å². The predicted molar refractivity (Wildman–Crippen MR) is 74.6 cm³/mol. The molecular weight excluding hydrogens is 248 g/mol. The third-order valence-electron chi connectivity index (χ3n) is 2.29. The number of ether oxygens (including phenoxy) is 1. The van der Waals surface area contributed by atoms with Gasteiger partial charge in [0.15, 0.2) is 5.96 Å². The molecule has 6 heteroatoms. The van der Waals surface area contributed by atoms with Crippen molar-refractivity contribution in [3.05, 3.63) is 16.1 Å². The van der Waals surface area contributed by atoms with Crippen molar-refractivity contribution < 1.29 is 4.74 Å². The second-order valence-corrected chi connectivity index (χ2v) is 4.43. The smallest absolute Gasteiger partial charge is 0.192 e. The standard InChI is InChI=1S/C12H18N4OS/c1-5-6-14-12(13-3)15-7-10-8-18-11(16-10)9(2)17-4/h1,8-9H,6-7H2,2-4H3,(H2,13,14,15). The van der Waals surface area contributed by atoms with Gasteiger partial charge in [0.1, 0.15) is 11.1 Å². The Labute approximate surface area is 112 Å². The minimum Gasteiger partial charge on any atom is -0.375 e. The Balaban J connectivity index is 2.48. The fourth-order valence-corrected chi connectivity index (χ4v) is 2.07. The molecule has 18 heavy (non-hydrogen) atoms. The highest BCUT2D eigenvalue weighted by Gasteiger charge is 2.09. The highest BCUT2D eigenvalue weighted by atomic mass is 32.1. The second-order valence-electron chi connectivity index (χ2n) is 3.54. The molecule has 0 saturated heterocycles. The summed E-state index contributed by atoms with van der Waals surface area (Å²) in [6.07, 6.45) is 5.20. The van der Waals surface area contributed by atoms with Crippen molar-refractivity contribution in [2.75, 3.05) is 20.7 Å². The molecule has 0 fully saturated rings. The number of aliphatic imine (C=N–C) groups is 1. The predicted octanol–water partition coefficient (Wildman–Crippen LogP) is 1.15. The molecule has 98 valence electrons. The van der Waals surface area contributed by atoms with Crippen LogP contribution in [0.3, 0.4) is 0 Å². The summed E-state index contributed by atoms with van der Waals surface area (Å²) in [5, 5.41) is 9.10. The first-order chi connectivity index (χ1) is 8.71. The van der Waals surface area contributed by atoms with Crippen LogP contribution in [-0.2, 0) is 11.3 Å². The highest BCUT2D eigenvalue weighted by molar-refractivity contribution is 7.09. The monoisotopic (exact) mass is 266 g/mol. The Kier molecular flexibility index (Phi) is 6.19. The zero-order chi connectivity index (χ0) is 13.4. The summed E-state index contributed by atoms with van der Waals surface area (Å²) in [6.45, 7) is 3.03. The molecule has 0 aliphatic rings. The number of nitrogens with zero attached hydrogens (tertiary/aromatic N) is 2. The van der Waals surface area contributed by atoms with E-state index in [1.165, 1.54) is 0 Å². The molecule has 2 N–H and O–H groups in total. The van der Waals surface area contributed by atoms with Gasteiger partial charge in [0.05, 0.1) is 18.8 Å². The summed E-state index contributed by atoms with van der Waals surface area (Å²) in [7, 11) is 3.38. The van der Waals surface area contributed by atoms with Crippen molar-refractivity contribution >= 4 is 17.3 Å². The number of nitrogens with one attached hydrogen (secondary N) is 2. The average molecular weight is 266 g/mol. The van der Waals surface area contributed by atoms with Crippen molar-refractivity contribution in [2.24, 2.45) is 4.99 Å². The van der Waals surface area contributed by atoms with Crippen LogP contribution >= 0.6 is 11.3 Å². The number of thiazole rings is 1. The Morgan fingerprint density at radius 2 is 2.44 bits per heavy atom. The van der Waals surface area contributed by atoms with E-state index >= 15 is 0 Å². The molecule has 1 aromatic rings. The Hall–Kier alpha value is -1.58. The van der Waals surface area contributed by atoms with E-state index in [1.54, 1.807) is 25.5 Å². The van der Waals surface area contributed by atoms with Gasteiger partial charge in [0, 0.05) is 19.5 Å². The second kappa shape index (κ2) is 7.69. The lowest BCUT2D eigenvalue weighted by Crippen LogP contribution is -2.37. The first kappa shape index (κ1) is 14.5. The topological polar surface area (TPSA) is 58.5 Å². The number of guanidine groups is 1. The van der Waals surface area contributed by atoms with Crippen molar-refractivity contribution in [2.45, 2.75) is 19.6 Å². The summed E-state index contributed by atoms with van der Waals surface area (Å²) in [4.78, 5) is 8.52. The molecule has 1 atom stereocenters. The molecule has 1 rings (SSSR count). The van der Waals surface area contributed by atoms with Gasteiger partial charge in [-0.25, -0.2) is 4.98 Å². The summed E-state index contributed by atoms with van der Waals surface area (Å²) in [5.41, 5.74) is 0.961. The summed E-state index contributed by atoms with van der Waals surface area (Å²) >= 11 is 1.59. The highest BCUT2D eigenvalue weighted by Crippen LogP contribution is 2.20. The first-order valence-electron chi connectivity index (χ1n) is 5.56. The van der Waals surface area contributed by atoms with E-state index in [0.29, 0.717) is 19.0 Å². The lowest BCUT2D eigenvalue weighted by Gasteiger charge is -2.08. The Morgan fingerprint density at radius 3 is 3.06 bits per heavy atom. The quantitative estimate of drug-likeness (QED) is 0.477. The fraction of sp³-hybridized carbons (Fsp3) is 0.500. The normalized spacial score (nSPS) is 12.9. The van der Waals surface area contributed by atoms with Crippen LogP contribution in [0.25, 0.3) is 0 Å². The van der Waals surface area contributed by atoms with Gasteiger partial charge in [0.2, 0.25) is 0 Å². The molecule has 0 aromatic carbocycles. The van der Waals surface area contributed by atoms with Gasteiger partial charge in [-0.15, -0.1) is 17.8 Å². The lowest BCUT2D eigenvalue weighted by molar-refractivity contribution is 0.119. The molecule has 1 aromatic heterocycles. The largest absolute Gasteiger partial charge is 0.375 e. The van der Waals surface area contributed by atoms with E-state index in [4.69, 9.17) is 11.2 Å². The van der Waals surface area contributed by atoms with Gasteiger partial charge in [-0.1, -0.05) is 5.92 Å². The molecule has 0 radical (unpaired) electrons. The molecule has 0 aliphatic heterocycles. The van der Waals surface area contributed by atoms with E-state index in [-0.39, 0.29) is 6.10 Å². The Morgan fingerprint density at radius 1 is 1.67 bits per heavy atom. The minimum atomic E-state index is 0.0302. The lowest BCUT2D eigenvalue weighted by atomic mass is 10.4. The number of methoxy groups -OCH3 is 1. The zero-order valence-corrected chi connectivity index (χ0v) is 11.7. The SMILES string of the molecule is C#CCNC(=NC)NCc1csc(C(C)OC)n1. The molecule has 0 aliphatic carbocycles. The van der Waals surface area contributed by atoms with Crippen molar-refractivity contribution in [1.82, 2.24) is 15.6 Å². The van der Waals surface area contributed by atoms with E-state index < -0.39 is 0 Å². The maximum atomic E-state index is 5.22. The average Bonchev–Trinajstić information content (AvgIpc) is 2.87. The van der Waals surface area contributed by atoms with Crippen molar-refractivity contribution in [3.63, 3.8) is 0 Å². The van der Waals surface area contributed by atoms with E-state index in [9.17, 15) is 0 Å². The summed E-state index contributed by atoms with van der Waals surface area (Å²) in [5.74, 6) is 3.16. The van der Waals surface area contributed by atoms with E-state index in [1.807, 2.05) is 12.3 Å². The van der Waals surface area contributed by atoms with Gasteiger partial charge in [-0.3, -0.25) is 4.99 Å². The molecule has 5 nitrogen and oxygen atoms in total. The van der Waals surface area contributed by atoms with Crippen LogP contribution in [0.4, 0.5) is 0 Å². The maximum absolute atomic E-state index is 5.22. The molecule has 0 amide bonds. The van der Waals surface area contributed by atoms with Crippen LogP contribution in [0.5, 0.6) is 0 Å². The van der Waals surface area contributed by atoms with Crippen molar-refractivity contribution in [1.29, 1.82) is 0 Å². The molecular formula is C12H18N4OS. The maximum Gasteiger partial charge on any atom is 0.192 e. The molecule has 1 unspecified atom stereocenters. The third-order valence-corrected chi connectivity index (χ3v) is 3.34. The number of aromatic nitrogens is 1. The molecule has 0 saturated carbocycles. The molecule has 1 heterocycles. The molecule has 0 spiro atoms. The van der Waals surface area contributed by atoms with Gasteiger partial charge < -0.3 is 15.4 Å². The van der Waals surface area contributed by atoms with Gasteiger partial charge in [0.25, 0.3) is 0 Å². The van der Waals surface area contributed by atoms with Gasteiger partial charge in [-0.05, 0) is 6.92 Å². The van der Waals surface area contributed by atoms with Crippen LogP contribution in [0.15, 0.2) is 10.4 Å². The van der Waals surface area contributed by atoms with Crippen LogP contribution < -0.4 is 10.6 Å². The van der Waals surface area contributed by atoms with Crippen LogP contribution in [-0.4, -0.2) is 31.6 Å². The Bertz CT molecular complexity index is 436. The summed E-state index contributed by atoms with van der Waals surface area (Å²) in [6, 6.07) is 0. The number of terminal acetylenes is 1. The van der Waals surface area contributed by atoms with Crippen LogP contribution in [0.2, 0.25) is 0 Å². The number of hydrogen-bond acceptors (Lipinski definition) is 4. The van der Waals surface area contributed by atoms with Gasteiger partial charge >= 0.3 is 0 Å².